The van der Waals surface area contributed by atoms with Gasteiger partial charge in [0.25, 0.3) is 5.91 Å². The van der Waals surface area contributed by atoms with E-state index in [1.807, 2.05) is 19.9 Å². The van der Waals surface area contributed by atoms with Gasteiger partial charge in [0.05, 0.1) is 22.6 Å². The van der Waals surface area contributed by atoms with E-state index in [0.717, 1.165) is 0 Å². The summed E-state index contributed by atoms with van der Waals surface area (Å²) in [6.07, 6.45) is 0. The summed E-state index contributed by atoms with van der Waals surface area (Å²) >= 11 is 1.22. The molecule has 2 aromatic rings. The van der Waals surface area contributed by atoms with E-state index in [-0.39, 0.29) is 23.3 Å². The molecule has 2 aromatic carbocycles. The van der Waals surface area contributed by atoms with Gasteiger partial charge in [0.2, 0.25) is 5.91 Å². The highest BCUT2D eigenvalue weighted by Gasteiger charge is 2.16. The van der Waals surface area contributed by atoms with Crippen molar-refractivity contribution in [2.45, 2.75) is 24.8 Å². The fourth-order valence-electron chi connectivity index (χ4n) is 2.35. The fraction of sp³-hybridized carbons (Fsp3) is 0.238. The number of nitrogens with one attached hydrogen (secondary N) is 2. The second-order valence-corrected chi connectivity index (χ2v) is 7.31. The summed E-state index contributed by atoms with van der Waals surface area (Å²) in [7, 11) is 0. The van der Waals surface area contributed by atoms with Crippen molar-refractivity contribution in [3.05, 3.63) is 59.7 Å². The Morgan fingerprint density at radius 1 is 1.07 bits per heavy atom. The SMILES string of the molecule is CC(C)NC(=O)CSc1ccccc1C(=O)OCC(=O)Nc1ccccc1C#N. The van der Waals surface area contributed by atoms with Crippen LogP contribution in [0.5, 0.6) is 0 Å². The van der Waals surface area contributed by atoms with E-state index in [4.69, 9.17) is 10.00 Å². The Kier molecular flexibility index (Phi) is 8.25. The van der Waals surface area contributed by atoms with Crippen molar-refractivity contribution in [2.24, 2.45) is 0 Å². The van der Waals surface area contributed by atoms with Gasteiger partial charge in [0, 0.05) is 10.9 Å². The van der Waals surface area contributed by atoms with Crippen molar-refractivity contribution in [2.75, 3.05) is 17.7 Å². The van der Waals surface area contributed by atoms with Gasteiger partial charge in [-0.15, -0.1) is 11.8 Å². The van der Waals surface area contributed by atoms with Crippen LogP contribution in [0.25, 0.3) is 0 Å². The number of para-hydroxylation sites is 1. The zero-order valence-corrected chi connectivity index (χ0v) is 16.9. The number of nitrogens with zero attached hydrogens (tertiary/aromatic N) is 1. The van der Waals surface area contributed by atoms with Crippen molar-refractivity contribution >= 4 is 35.2 Å². The van der Waals surface area contributed by atoms with Gasteiger partial charge < -0.3 is 15.4 Å². The van der Waals surface area contributed by atoms with Gasteiger partial charge in [-0.25, -0.2) is 4.79 Å². The van der Waals surface area contributed by atoms with Gasteiger partial charge in [-0.1, -0.05) is 24.3 Å². The number of carbonyl (C=O) groups excluding carboxylic acids is 3. The van der Waals surface area contributed by atoms with Crippen LogP contribution in [0.3, 0.4) is 0 Å². The average Bonchev–Trinajstić information content (AvgIpc) is 2.70. The first-order valence-corrected chi connectivity index (χ1v) is 9.86. The number of thioether (sulfide) groups is 1. The molecule has 0 saturated heterocycles. The minimum Gasteiger partial charge on any atom is -0.452 e. The van der Waals surface area contributed by atoms with Crippen molar-refractivity contribution in [3.63, 3.8) is 0 Å². The van der Waals surface area contributed by atoms with Crippen molar-refractivity contribution in [3.8, 4) is 6.07 Å². The quantitative estimate of drug-likeness (QED) is 0.511. The lowest BCUT2D eigenvalue weighted by Crippen LogP contribution is -2.31. The van der Waals surface area contributed by atoms with E-state index >= 15 is 0 Å². The Labute approximate surface area is 173 Å². The van der Waals surface area contributed by atoms with Gasteiger partial charge in [0.1, 0.15) is 6.07 Å². The number of amides is 2. The molecule has 8 heteroatoms. The van der Waals surface area contributed by atoms with E-state index in [0.29, 0.717) is 16.1 Å². The first kappa shape index (κ1) is 22.0. The number of benzene rings is 2. The van der Waals surface area contributed by atoms with Crippen LogP contribution in [0.4, 0.5) is 5.69 Å². The average molecular weight is 411 g/mol. The number of rotatable bonds is 8. The Morgan fingerprint density at radius 2 is 1.76 bits per heavy atom. The summed E-state index contributed by atoms with van der Waals surface area (Å²) in [4.78, 5) is 36.9. The van der Waals surface area contributed by atoms with E-state index in [1.165, 1.54) is 11.8 Å². The maximum Gasteiger partial charge on any atom is 0.339 e. The van der Waals surface area contributed by atoms with Crippen molar-refractivity contribution < 1.29 is 19.1 Å². The van der Waals surface area contributed by atoms with E-state index in [1.54, 1.807) is 48.5 Å². The molecule has 0 aliphatic rings. The summed E-state index contributed by atoms with van der Waals surface area (Å²) < 4.78 is 5.10. The monoisotopic (exact) mass is 411 g/mol. The molecule has 0 heterocycles. The van der Waals surface area contributed by atoms with Crippen LogP contribution < -0.4 is 10.6 Å². The number of nitriles is 1. The Hall–Kier alpha value is -3.31. The minimum atomic E-state index is -0.666. The van der Waals surface area contributed by atoms with E-state index in [9.17, 15) is 14.4 Å². The first-order chi connectivity index (χ1) is 13.9. The molecule has 29 heavy (non-hydrogen) atoms. The van der Waals surface area contributed by atoms with Gasteiger partial charge in [0.15, 0.2) is 6.61 Å². The largest absolute Gasteiger partial charge is 0.452 e. The van der Waals surface area contributed by atoms with Crippen molar-refractivity contribution in [1.29, 1.82) is 5.26 Å². The molecule has 0 atom stereocenters. The number of ether oxygens (including phenoxy) is 1. The highest BCUT2D eigenvalue weighted by molar-refractivity contribution is 8.00. The van der Waals surface area contributed by atoms with Crippen LogP contribution >= 0.6 is 11.8 Å². The van der Waals surface area contributed by atoms with Crippen LogP contribution in [0, 0.1) is 11.3 Å². The zero-order chi connectivity index (χ0) is 21.2. The number of hydrogen-bond acceptors (Lipinski definition) is 6. The predicted octanol–water partition coefficient (Wildman–Crippen LogP) is 2.97. The molecule has 0 aromatic heterocycles. The van der Waals surface area contributed by atoms with Gasteiger partial charge in [-0.2, -0.15) is 5.26 Å². The Bertz CT molecular complexity index is 938. The lowest BCUT2D eigenvalue weighted by molar-refractivity contribution is -0.119. The molecular weight excluding hydrogens is 390 g/mol. The topological polar surface area (TPSA) is 108 Å². The molecule has 0 bridgehead atoms. The number of esters is 1. The van der Waals surface area contributed by atoms with Crippen LogP contribution in [0.1, 0.15) is 29.8 Å². The molecule has 0 aliphatic heterocycles. The number of hydrogen-bond donors (Lipinski definition) is 2. The summed E-state index contributed by atoms with van der Waals surface area (Å²) in [5.74, 6) is -1.19. The Balaban J connectivity index is 1.94. The molecule has 2 amide bonds. The molecule has 0 fully saturated rings. The number of carbonyl (C=O) groups is 3. The molecule has 0 unspecified atom stereocenters. The molecule has 7 nitrogen and oxygen atoms in total. The number of anilines is 1. The molecule has 0 aliphatic carbocycles. The highest BCUT2D eigenvalue weighted by atomic mass is 32.2. The maximum absolute atomic E-state index is 12.4. The molecule has 2 N–H and O–H groups in total. The zero-order valence-electron chi connectivity index (χ0n) is 16.1. The van der Waals surface area contributed by atoms with E-state index < -0.39 is 18.5 Å². The second kappa shape index (κ2) is 10.9. The lowest BCUT2D eigenvalue weighted by atomic mass is 10.2. The summed E-state index contributed by atoms with van der Waals surface area (Å²) in [5, 5.41) is 14.4. The van der Waals surface area contributed by atoms with Gasteiger partial charge in [-0.05, 0) is 38.1 Å². The Morgan fingerprint density at radius 3 is 2.48 bits per heavy atom. The molecular formula is C21H21N3O4S. The van der Waals surface area contributed by atoms with Crippen LogP contribution in [0.15, 0.2) is 53.4 Å². The molecule has 150 valence electrons. The first-order valence-electron chi connectivity index (χ1n) is 8.88. The predicted molar refractivity (Wildman–Crippen MR) is 111 cm³/mol. The van der Waals surface area contributed by atoms with E-state index in [2.05, 4.69) is 10.6 Å². The minimum absolute atomic E-state index is 0.0352. The van der Waals surface area contributed by atoms with Gasteiger partial charge >= 0.3 is 5.97 Å². The van der Waals surface area contributed by atoms with Crippen LogP contribution in [0.2, 0.25) is 0 Å². The fourth-order valence-corrected chi connectivity index (χ4v) is 3.20. The third-order valence-corrected chi connectivity index (χ3v) is 4.64. The van der Waals surface area contributed by atoms with Gasteiger partial charge in [-0.3, -0.25) is 9.59 Å². The summed E-state index contributed by atoms with van der Waals surface area (Å²) in [6, 6.07) is 15.3. The lowest BCUT2D eigenvalue weighted by Gasteiger charge is -2.11. The third kappa shape index (κ3) is 6.97. The normalized spacial score (nSPS) is 10.1. The summed E-state index contributed by atoms with van der Waals surface area (Å²) in [6.45, 7) is 3.24. The summed E-state index contributed by atoms with van der Waals surface area (Å²) in [5.41, 5.74) is 0.942. The van der Waals surface area contributed by atoms with Crippen LogP contribution in [-0.2, 0) is 14.3 Å². The standard InChI is InChI=1S/C21H21N3O4S/c1-14(2)23-20(26)13-29-18-10-6-4-8-16(18)21(27)28-12-19(25)24-17-9-5-3-7-15(17)11-22/h3-10,14H,12-13H2,1-2H3,(H,23,26)(H,24,25). The molecule has 0 spiro atoms. The third-order valence-electron chi connectivity index (χ3n) is 3.57. The van der Waals surface area contributed by atoms with Crippen LogP contribution in [-0.4, -0.2) is 36.2 Å². The highest BCUT2D eigenvalue weighted by Crippen LogP contribution is 2.23. The van der Waals surface area contributed by atoms with Crippen molar-refractivity contribution in [1.82, 2.24) is 5.32 Å². The molecule has 2 rings (SSSR count). The maximum atomic E-state index is 12.4. The molecule has 0 radical (unpaired) electrons. The second-order valence-electron chi connectivity index (χ2n) is 6.29. The smallest absolute Gasteiger partial charge is 0.339 e. The molecule has 0 saturated carbocycles.